The maximum Gasteiger partial charge on any atom is 0.191 e. The summed E-state index contributed by atoms with van der Waals surface area (Å²) >= 11 is 5.89. The van der Waals surface area contributed by atoms with Gasteiger partial charge in [0, 0.05) is 37.7 Å². The Labute approximate surface area is 179 Å². The molecule has 0 radical (unpaired) electrons. The van der Waals surface area contributed by atoms with E-state index in [1.165, 1.54) is 0 Å². The lowest BCUT2D eigenvalue weighted by atomic mass is 10.1. The van der Waals surface area contributed by atoms with Gasteiger partial charge < -0.3 is 15.4 Å². The van der Waals surface area contributed by atoms with Crippen molar-refractivity contribution in [2.45, 2.75) is 31.9 Å². The van der Waals surface area contributed by atoms with Gasteiger partial charge in [0.15, 0.2) is 5.96 Å². The van der Waals surface area contributed by atoms with Gasteiger partial charge in [-0.05, 0) is 44.0 Å². The highest BCUT2D eigenvalue weighted by atomic mass is 127. The Hall–Kier alpha value is -0.990. The number of benzene rings is 1. The van der Waals surface area contributed by atoms with E-state index in [9.17, 15) is 0 Å². The predicted molar refractivity (Wildman–Crippen MR) is 121 cm³/mol. The van der Waals surface area contributed by atoms with Gasteiger partial charge in [0.25, 0.3) is 0 Å². The molecule has 1 heterocycles. The standard InChI is InChI=1S/C19H29ClN4O.HI/c1-4-11-24-12-9-17(10-13-24)23-19(21-3)22-14-15(2)25-18-7-5-16(20)6-8-18;/h4-8,15,17H,1,9-14H2,2-3H3,(H2,21,22,23);1H. The molecule has 2 N–H and O–H groups in total. The molecule has 1 aromatic rings. The van der Waals surface area contributed by atoms with Crippen LogP contribution in [0.2, 0.25) is 5.02 Å². The third kappa shape index (κ3) is 8.14. The molecule has 1 aromatic carbocycles. The van der Waals surface area contributed by atoms with Crippen molar-refractivity contribution in [1.82, 2.24) is 15.5 Å². The van der Waals surface area contributed by atoms with Gasteiger partial charge in [-0.1, -0.05) is 17.7 Å². The Bertz CT molecular complexity index is 559. The quantitative estimate of drug-likeness (QED) is 0.265. The highest BCUT2D eigenvalue weighted by Crippen LogP contribution is 2.16. The molecule has 1 atom stereocenters. The molecular weight excluding hydrogens is 463 g/mol. The molecule has 0 spiro atoms. The number of hydrogen-bond acceptors (Lipinski definition) is 3. The minimum absolute atomic E-state index is 0. The lowest BCUT2D eigenvalue weighted by molar-refractivity contribution is 0.219. The molecule has 1 fully saturated rings. The third-order valence-corrected chi connectivity index (χ3v) is 4.50. The topological polar surface area (TPSA) is 48.9 Å². The van der Waals surface area contributed by atoms with E-state index in [-0.39, 0.29) is 30.1 Å². The summed E-state index contributed by atoms with van der Waals surface area (Å²) in [5, 5.41) is 7.56. The summed E-state index contributed by atoms with van der Waals surface area (Å²) in [7, 11) is 1.80. The van der Waals surface area contributed by atoms with Crippen LogP contribution in [0.4, 0.5) is 0 Å². The van der Waals surface area contributed by atoms with Crippen LogP contribution in [0.3, 0.4) is 0 Å². The largest absolute Gasteiger partial charge is 0.489 e. The second-order valence-corrected chi connectivity index (χ2v) is 6.78. The van der Waals surface area contributed by atoms with Crippen LogP contribution in [0.15, 0.2) is 41.9 Å². The fourth-order valence-electron chi connectivity index (χ4n) is 2.86. The minimum atomic E-state index is 0. The maximum atomic E-state index is 5.89. The Morgan fingerprint density at radius 1 is 1.38 bits per heavy atom. The maximum absolute atomic E-state index is 5.89. The number of halogens is 2. The Kier molecular flexibility index (Phi) is 11.0. The molecule has 7 heteroatoms. The lowest BCUT2D eigenvalue weighted by Gasteiger charge is -2.32. The van der Waals surface area contributed by atoms with Gasteiger partial charge >= 0.3 is 0 Å². The number of nitrogens with one attached hydrogen (secondary N) is 2. The average molecular weight is 493 g/mol. The minimum Gasteiger partial charge on any atom is -0.489 e. The summed E-state index contributed by atoms with van der Waals surface area (Å²) in [4.78, 5) is 6.74. The van der Waals surface area contributed by atoms with E-state index in [0.29, 0.717) is 17.6 Å². The van der Waals surface area contributed by atoms with E-state index in [1.807, 2.05) is 37.3 Å². The van der Waals surface area contributed by atoms with Crippen LogP contribution in [0, 0.1) is 0 Å². The van der Waals surface area contributed by atoms with E-state index in [4.69, 9.17) is 16.3 Å². The van der Waals surface area contributed by atoms with Gasteiger partial charge in [0.05, 0.1) is 6.54 Å². The number of likely N-dealkylation sites (tertiary alicyclic amines) is 1. The first kappa shape index (κ1) is 23.0. The number of hydrogen-bond donors (Lipinski definition) is 2. The van der Waals surface area contributed by atoms with Crippen molar-refractivity contribution in [1.29, 1.82) is 0 Å². The van der Waals surface area contributed by atoms with Crippen LogP contribution in [0.25, 0.3) is 0 Å². The van der Waals surface area contributed by atoms with Gasteiger partial charge in [-0.25, -0.2) is 0 Å². The van der Waals surface area contributed by atoms with Crippen LogP contribution in [-0.4, -0.2) is 56.2 Å². The van der Waals surface area contributed by atoms with Crippen molar-refractivity contribution in [3.8, 4) is 5.75 Å². The Morgan fingerprint density at radius 3 is 2.62 bits per heavy atom. The fraction of sp³-hybridized carbons (Fsp3) is 0.526. The molecule has 1 aliphatic heterocycles. The third-order valence-electron chi connectivity index (χ3n) is 4.25. The monoisotopic (exact) mass is 492 g/mol. The molecule has 5 nitrogen and oxygen atoms in total. The summed E-state index contributed by atoms with van der Waals surface area (Å²) in [6, 6.07) is 7.87. The molecule has 146 valence electrons. The van der Waals surface area contributed by atoms with E-state index in [2.05, 4.69) is 27.1 Å². The Morgan fingerprint density at radius 2 is 2.04 bits per heavy atom. The average Bonchev–Trinajstić information content (AvgIpc) is 2.62. The lowest BCUT2D eigenvalue weighted by Crippen LogP contribution is -2.50. The molecule has 0 aromatic heterocycles. The van der Waals surface area contributed by atoms with Crippen LogP contribution in [-0.2, 0) is 0 Å². The van der Waals surface area contributed by atoms with Crippen molar-refractivity contribution in [2.75, 3.05) is 33.2 Å². The number of nitrogens with zero attached hydrogens (tertiary/aromatic N) is 2. The zero-order chi connectivity index (χ0) is 18.1. The summed E-state index contributed by atoms with van der Waals surface area (Å²) in [6.45, 7) is 9.67. The summed E-state index contributed by atoms with van der Waals surface area (Å²) < 4.78 is 5.88. The molecule has 0 aliphatic carbocycles. The van der Waals surface area contributed by atoms with Crippen LogP contribution in [0.1, 0.15) is 19.8 Å². The summed E-state index contributed by atoms with van der Waals surface area (Å²) in [5.41, 5.74) is 0. The van der Waals surface area contributed by atoms with Gasteiger partial charge in [0.1, 0.15) is 11.9 Å². The molecule has 0 saturated carbocycles. The van der Waals surface area contributed by atoms with Crippen molar-refractivity contribution < 1.29 is 4.74 Å². The predicted octanol–water partition coefficient (Wildman–Crippen LogP) is 3.54. The van der Waals surface area contributed by atoms with Gasteiger partial charge in [-0.3, -0.25) is 9.89 Å². The molecule has 1 unspecified atom stereocenters. The van der Waals surface area contributed by atoms with Crippen LogP contribution >= 0.6 is 35.6 Å². The van der Waals surface area contributed by atoms with Crippen molar-refractivity contribution in [3.63, 3.8) is 0 Å². The number of ether oxygens (including phenoxy) is 1. The highest BCUT2D eigenvalue weighted by Gasteiger charge is 2.19. The van der Waals surface area contributed by atoms with Crippen molar-refractivity contribution in [2.24, 2.45) is 4.99 Å². The Balaban J connectivity index is 0.00000338. The van der Waals surface area contributed by atoms with E-state index in [0.717, 1.165) is 44.2 Å². The molecule has 0 bridgehead atoms. The van der Waals surface area contributed by atoms with Crippen LogP contribution in [0.5, 0.6) is 5.75 Å². The zero-order valence-corrected chi connectivity index (χ0v) is 18.7. The van der Waals surface area contributed by atoms with Gasteiger partial charge in [0.2, 0.25) is 0 Å². The second-order valence-electron chi connectivity index (χ2n) is 6.34. The molecular formula is C19H30ClIN4O. The van der Waals surface area contributed by atoms with Crippen LogP contribution < -0.4 is 15.4 Å². The number of aliphatic imine (C=N–C) groups is 1. The zero-order valence-electron chi connectivity index (χ0n) is 15.6. The highest BCUT2D eigenvalue weighted by molar-refractivity contribution is 14.0. The first-order valence-electron chi connectivity index (χ1n) is 8.83. The molecule has 1 aliphatic rings. The van der Waals surface area contributed by atoms with E-state index >= 15 is 0 Å². The van der Waals surface area contributed by atoms with E-state index in [1.54, 1.807) is 7.05 Å². The SMILES string of the molecule is C=CCN1CCC(NC(=NC)NCC(C)Oc2ccc(Cl)cc2)CC1.I. The van der Waals surface area contributed by atoms with Gasteiger partial charge in [-0.2, -0.15) is 0 Å². The smallest absolute Gasteiger partial charge is 0.191 e. The second kappa shape index (κ2) is 12.4. The number of rotatable bonds is 7. The van der Waals surface area contributed by atoms with Crippen molar-refractivity contribution >= 4 is 41.5 Å². The molecule has 1 saturated heterocycles. The van der Waals surface area contributed by atoms with Crippen molar-refractivity contribution in [3.05, 3.63) is 41.9 Å². The van der Waals surface area contributed by atoms with E-state index < -0.39 is 0 Å². The molecule has 2 rings (SSSR count). The fourth-order valence-corrected chi connectivity index (χ4v) is 2.98. The molecule has 0 amide bonds. The number of piperidine rings is 1. The normalized spacial score (nSPS) is 17.1. The summed E-state index contributed by atoms with van der Waals surface area (Å²) in [6.07, 6.45) is 4.22. The number of guanidine groups is 1. The van der Waals surface area contributed by atoms with Gasteiger partial charge in [-0.15, -0.1) is 30.6 Å². The summed E-state index contributed by atoms with van der Waals surface area (Å²) in [5.74, 6) is 1.64. The molecule has 26 heavy (non-hydrogen) atoms. The first-order chi connectivity index (χ1) is 12.1. The first-order valence-corrected chi connectivity index (χ1v) is 9.21.